The molecule has 230 valence electrons. The molecule has 5 aromatic rings. The van der Waals surface area contributed by atoms with Crippen LogP contribution >= 0.6 is 23.4 Å². The van der Waals surface area contributed by atoms with Crippen LogP contribution in [0.5, 0.6) is 5.75 Å². The summed E-state index contributed by atoms with van der Waals surface area (Å²) in [4.78, 5) is 11.5. The van der Waals surface area contributed by atoms with Crippen LogP contribution in [-0.4, -0.2) is 40.0 Å². The van der Waals surface area contributed by atoms with Gasteiger partial charge in [-0.25, -0.2) is 14.4 Å². The van der Waals surface area contributed by atoms with Gasteiger partial charge in [-0.3, -0.25) is 4.90 Å². The highest BCUT2D eigenvalue weighted by molar-refractivity contribution is 7.98. The van der Waals surface area contributed by atoms with Crippen molar-refractivity contribution in [2.24, 2.45) is 0 Å². The number of halogens is 2. The van der Waals surface area contributed by atoms with Gasteiger partial charge in [-0.2, -0.15) is 11.8 Å². The number of hydrogen-bond donors (Lipinski definition) is 1. The van der Waals surface area contributed by atoms with Crippen molar-refractivity contribution >= 4 is 40.1 Å². The fourth-order valence-electron chi connectivity index (χ4n) is 5.31. The molecule has 6 nitrogen and oxygen atoms in total. The lowest BCUT2D eigenvalue weighted by atomic mass is 10.1. The van der Waals surface area contributed by atoms with Crippen LogP contribution in [0.2, 0.25) is 5.02 Å². The molecule has 0 aliphatic heterocycles. The fraction of sp³-hybridized carbons (Fsp3) is 0.314. The predicted molar refractivity (Wildman–Crippen MR) is 180 cm³/mol. The van der Waals surface area contributed by atoms with Gasteiger partial charge in [0.05, 0.1) is 16.6 Å². The van der Waals surface area contributed by atoms with Crippen LogP contribution in [0.15, 0.2) is 83.5 Å². The Bertz CT molecular complexity index is 1670. The van der Waals surface area contributed by atoms with Crippen molar-refractivity contribution in [3.8, 4) is 17.1 Å². The first-order valence-electron chi connectivity index (χ1n) is 15.0. The molecule has 0 aliphatic rings. The third-order valence-electron chi connectivity index (χ3n) is 7.40. The molecule has 0 amide bonds. The van der Waals surface area contributed by atoms with E-state index in [0.717, 1.165) is 76.6 Å². The average Bonchev–Trinajstić information content (AvgIpc) is 3.52. The van der Waals surface area contributed by atoms with Gasteiger partial charge in [0.2, 0.25) is 0 Å². The molecule has 0 spiro atoms. The minimum absolute atomic E-state index is 0.232. The number of ether oxygens (including phenoxy) is 1. The summed E-state index contributed by atoms with van der Waals surface area (Å²) in [6.45, 7) is 7.29. The summed E-state index contributed by atoms with van der Waals surface area (Å²) in [7, 11) is 0. The van der Waals surface area contributed by atoms with E-state index in [0.29, 0.717) is 17.3 Å². The molecule has 0 bridgehead atoms. The van der Waals surface area contributed by atoms with E-state index < -0.39 is 0 Å². The molecule has 0 fully saturated rings. The van der Waals surface area contributed by atoms with Crippen molar-refractivity contribution in [1.82, 2.24) is 14.9 Å². The predicted octanol–water partition coefficient (Wildman–Crippen LogP) is 9.40. The van der Waals surface area contributed by atoms with E-state index in [1.54, 1.807) is 12.4 Å². The topological polar surface area (TPSA) is 63.4 Å². The zero-order valence-electron chi connectivity index (χ0n) is 25.4. The Balaban J connectivity index is 1.31. The van der Waals surface area contributed by atoms with Gasteiger partial charge in [0.1, 0.15) is 41.8 Å². The lowest BCUT2D eigenvalue weighted by molar-refractivity contribution is 0.193. The number of benzene rings is 3. The minimum Gasteiger partial charge on any atom is -0.487 e. The van der Waals surface area contributed by atoms with E-state index in [1.807, 2.05) is 48.2 Å². The second-order valence-electron chi connectivity index (χ2n) is 10.7. The van der Waals surface area contributed by atoms with Crippen molar-refractivity contribution in [3.05, 3.63) is 107 Å². The zero-order chi connectivity index (χ0) is 30.9. The number of furan rings is 1. The molecule has 0 saturated carbocycles. The van der Waals surface area contributed by atoms with Gasteiger partial charge in [0.25, 0.3) is 0 Å². The second-order valence-corrected chi connectivity index (χ2v) is 12.0. The molecule has 5 rings (SSSR count). The number of hydrogen-bond acceptors (Lipinski definition) is 7. The molecular weight excluding hydrogens is 595 g/mol. The van der Waals surface area contributed by atoms with E-state index in [9.17, 15) is 4.39 Å². The summed E-state index contributed by atoms with van der Waals surface area (Å²) in [5, 5.41) is 4.84. The summed E-state index contributed by atoms with van der Waals surface area (Å²) >= 11 is 8.37. The molecule has 1 unspecified atom stereocenters. The van der Waals surface area contributed by atoms with Crippen LogP contribution in [0.25, 0.3) is 22.2 Å². The standard InChI is InChI=1S/C35H38ClFN4O2S/c1-4-15-41(16-5-2)31(22-44-3)34-14-13-32(43-34)26-10-11-30-28(19-26)35(40-23-39-30)38-20-24-9-12-33(29(36)18-24)42-21-25-7-6-8-27(37)17-25/h6-14,17-19,23,31H,4-5,15-16,20-22H2,1-3H3,(H,38,39,40). The highest BCUT2D eigenvalue weighted by Gasteiger charge is 2.23. The molecule has 9 heteroatoms. The summed E-state index contributed by atoms with van der Waals surface area (Å²) < 4.78 is 25.8. The first-order chi connectivity index (χ1) is 21.5. The SMILES string of the molecule is CCCN(CCC)C(CSC)c1ccc(-c2ccc3ncnc(NCc4ccc(OCc5cccc(F)c5)c(Cl)c4)c3c2)o1. The molecule has 44 heavy (non-hydrogen) atoms. The van der Waals surface area contributed by atoms with Gasteiger partial charge in [0, 0.05) is 23.2 Å². The van der Waals surface area contributed by atoms with E-state index in [2.05, 4.69) is 58.5 Å². The van der Waals surface area contributed by atoms with Gasteiger partial charge >= 0.3 is 0 Å². The van der Waals surface area contributed by atoms with Crippen LogP contribution < -0.4 is 10.1 Å². The maximum Gasteiger partial charge on any atom is 0.138 e. The summed E-state index contributed by atoms with van der Waals surface area (Å²) in [5.41, 5.74) is 3.52. The van der Waals surface area contributed by atoms with Crippen LogP contribution in [0.3, 0.4) is 0 Å². The van der Waals surface area contributed by atoms with Crippen molar-refractivity contribution < 1.29 is 13.5 Å². The number of fused-ring (bicyclic) bond motifs is 1. The lowest BCUT2D eigenvalue weighted by Gasteiger charge is -2.29. The molecule has 1 atom stereocenters. The third-order valence-corrected chi connectivity index (χ3v) is 8.35. The Labute approximate surface area is 268 Å². The maximum absolute atomic E-state index is 13.5. The van der Waals surface area contributed by atoms with Crippen LogP contribution in [0, 0.1) is 5.82 Å². The van der Waals surface area contributed by atoms with E-state index >= 15 is 0 Å². The molecule has 2 heterocycles. The molecular formula is C35H38ClFN4O2S. The maximum atomic E-state index is 13.5. The Hall–Kier alpha value is -3.59. The first-order valence-corrected chi connectivity index (χ1v) is 16.7. The third kappa shape index (κ3) is 7.92. The quantitative estimate of drug-likeness (QED) is 0.123. The van der Waals surface area contributed by atoms with E-state index in [-0.39, 0.29) is 18.5 Å². The van der Waals surface area contributed by atoms with Gasteiger partial charge < -0.3 is 14.5 Å². The monoisotopic (exact) mass is 632 g/mol. The highest BCUT2D eigenvalue weighted by Crippen LogP contribution is 2.33. The number of rotatable bonds is 15. The average molecular weight is 633 g/mol. The van der Waals surface area contributed by atoms with Crippen LogP contribution in [0.1, 0.15) is 49.6 Å². The van der Waals surface area contributed by atoms with Crippen LogP contribution in [0.4, 0.5) is 10.2 Å². The molecule has 3 aromatic carbocycles. The zero-order valence-corrected chi connectivity index (χ0v) is 26.9. The number of thioether (sulfide) groups is 1. The van der Waals surface area contributed by atoms with Crippen molar-refractivity contribution in [2.45, 2.75) is 45.9 Å². The lowest BCUT2D eigenvalue weighted by Crippen LogP contribution is -2.31. The van der Waals surface area contributed by atoms with Gasteiger partial charge in [-0.15, -0.1) is 0 Å². The van der Waals surface area contributed by atoms with Crippen molar-refractivity contribution in [3.63, 3.8) is 0 Å². The Morgan fingerprint density at radius 3 is 2.57 bits per heavy atom. The highest BCUT2D eigenvalue weighted by atomic mass is 35.5. The van der Waals surface area contributed by atoms with Gasteiger partial charge in [0.15, 0.2) is 0 Å². The first kappa shape index (κ1) is 31.8. The number of nitrogens with zero attached hydrogens (tertiary/aromatic N) is 3. The van der Waals surface area contributed by atoms with Crippen molar-refractivity contribution in [1.29, 1.82) is 0 Å². The Morgan fingerprint density at radius 1 is 0.977 bits per heavy atom. The number of nitrogens with one attached hydrogen (secondary N) is 1. The van der Waals surface area contributed by atoms with Crippen molar-refractivity contribution in [2.75, 3.05) is 30.4 Å². The van der Waals surface area contributed by atoms with Crippen LogP contribution in [-0.2, 0) is 13.2 Å². The van der Waals surface area contributed by atoms with E-state index in [4.69, 9.17) is 20.8 Å². The molecule has 1 N–H and O–H groups in total. The molecule has 0 saturated heterocycles. The second kappa shape index (κ2) is 15.4. The van der Waals surface area contributed by atoms with Gasteiger partial charge in [-0.05, 0) is 97.9 Å². The Morgan fingerprint density at radius 2 is 1.82 bits per heavy atom. The number of aromatic nitrogens is 2. The fourth-order valence-corrected chi connectivity index (χ4v) is 6.25. The normalized spacial score (nSPS) is 12.1. The van der Waals surface area contributed by atoms with E-state index in [1.165, 1.54) is 12.1 Å². The molecule has 2 aromatic heterocycles. The summed E-state index contributed by atoms with van der Waals surface area (Å²) in [6, 6.07) is 22.5. The Kier molecular flexibility index (Phi) is 11.2. The largest absolute Gasteiger partial charge is 0.487 e. The summed E-state index contributed by atoms with van der Waals surface area (Å²) in [6.07, 6.45) is 5.93. The smallest absolute Gasteiger partial charge is 0.138 e. The summed E-state index contributed by atoms with van der Waals surface area (Å²) in [5.74, 6) is 3.79. The molecule has 0 aliphatic carbocycles. The number of anilines is 1. The van der Waals surface area contributed by atoms with Gasteiger partial charge in [-0.1, -0.05) is 43.6 Å². The molecule has 0 radical (unpaired) electrons. The minimum atomic E-state index is -0.294.